The van der Waals surface area contributed by atoms with Crippen LogP contribution in [0.15, 0.2) is 18.2 Å². The van der Waals surface area contributed by atoms with Gasteiger partial charge in [0, 0.05) is 0 Å². The fourth-order valence-corrected chi connectivity index (χ4v) is 1.32. The zero-order valence-electron chi connectivity index (χ0n) is 7.77. The van der Waals surface area contributed by atoms with Crippen LogP contribution in [-0.2, 0) is 6.42 Å². The SMILES string of the molecule is C[C@@H](O)Cc1cccc(O)c1C(=O)O. The summed E-state index contributed by atoms with van der Waals surface area (Å²) in [4.78, 5) is 10.8. The molecule has 1 aromatic rings. The summed E-state index contributed by atoms with van der Waals surface area (Å²) in [5.74, 6) is -1.45. The summed E-state index contributed by atoms with van der Waals surface area (Å²) in [6, 6.07) is 4.45. The van der Waals surface area contributed by atoms with E-state index in [4.69, 9.17) is 10.2 Å². The Morgan fingerprint density at radius 1 is 1.50 bits per heavy atom. The molecule has 0 amide bonds. The lowest BCUT2D eigenvalue weighted by atomic mass is 10.0. The summed E-state index contributed by atoms with van der Waals surface area (Å²) in [7, 11) is 0. The zero-order valence-corrected chi connectivity index (χ0v) is 7.77. The molecule has 76 valence electrons. The molecule has 3 N–H and O–H groups in total. The van der Waals surface area contributed by atoms with Gasteiger partial charge in [-0.2, -0.15) is 0 Å². The molecular formula is C10H12O4. The third kappa shape index (κ3) is 2.23. The van der Waals surface area contributed by atoms with Gasteiger partial charge in [0.1, 0.15) is 11.3 Å². The molecule has 0 bridgehead atoms. The van der Waals surface area contributed by atoms with Gasteiger partial charge in [0.05, 0.1) is 6.10 Å². The lowest BCUT2D eigenvalue weighted by Crippen LogP contribution is -2.09. The Morgan fingerprint density at radius 3 is 2.64 bits per heavy atom. The highest BCUT2D eigenvalue weighted by Gasteiger charge is 2.15. The Balaban J connectivity index is 3.14. The van der Waals surface area contributed by atoms with Crippen molar-refractivity contribution in [3.05, 3.63) is 29.3 Å². The second kappa shape index (κ2) is 4.11. The van der Waals surface area contributed by atoms with Crippen LogP contribution in [0, 0.1) is 0 Å². The van der Waals surface area contributed by atoms with E-state index in [2.05, 4.69) is 0 Å². The Bertz CT molecular complexity index is 344. The average Bonchev–Trinajstić information content (AvgIpc) is 2.01. The van der Waals surface area contributed by atoms with E-state index in [0.717, 1.165) is 0 Å². The number of rotatable bonds is 3. The molecule has 0 heterocycles. The number of hydrogen-bond donors (Lipinski definition) is 3. The quantitative estimate of drug-likeness (QED) is 0.674. The number of carboxylic acids is 1. The number of carbonyl (C=O) groups is 1. The third-order valence-corrected chi connectivity index (χ3v) is 1.86. The molecule has 0 aromatic heterocycles. The van der Waals surface area contributed by atoms with Crippen molar-refractivity contribution in [1.82, 2.24) is 0 Å². The first-order valence-electron chi connectivity index (χ1n) is 4.24. The fourth-order valence-electron chi connectivity index (χ4n) is 1.32. The highest BCUT2D eigenvalue weighted by molar-refractivity contribution is 5.92. The molecule has 1 rings (SSSR count). The van der Waals surface area contributed by atoms with Crippen LogP contribution in [0.4, 0.5) is 0 Å². The van der Waals surface area contributed by atoms with Crippen molar-refractivity contribution in [2.75, 3.05) is 0 Å². The molecule has 0 saturated heterocycles. The minimum atomic E-state index is -1.18. The molecule has 0 spiro atoms. The number of aromatic hydroxyl groups is 1. The van der Waals surface area contributed by atoms with Gasteiger partial charge in [-0.3, -0.25) is 0 Å². The molecule has 14 heavy (non-hydrogen) atoms. The molecule has 0 aliphatic heterocycles. The van der Waals surface area contributed by atoms with Gasteiger partial charge in [-0.15, -0.1) is 0 Å². The van der Waals surface area contributed by atoms with Gasteiger partial charge >= 0.3 is 5.97 Å². The van der Waals surface area contributed by atoms with Crippen LogP contribution >= 0.6 is 0 Å². The van der Waals surface area contributed by atoms with Crippen LogP contribution in [-0.4, -0.2) is 27.4 Å². The smallest absolute Gasteiger partial charge is 0.339 e. The number of aromatic carboxylic acids is 1. The first-order valence-corrected chi connectivity index (χ1v) is 4.24. The summed E-state index contributed by atoms with van der Waals surface area (Å²) in [5, 5.41) is 27.3. The number of aliphatic hydroxyl groups excluding tert-OH is 1. The highest BCUT2D eigenvalue weighted by atomic mass is 16.4. The fraction of sp³-hybridized carbons (Fsp3) is 0.300. The van der Waals surface area contributed by atoms with E-state index in [1.54, 1.807) is 19.1 Å². The topological polar surface area (TPSA) is 77.8 Å². The maximum Gasteiger partial charge on any atom is 0.339 e. The molecule has 0 radical (unpaired) electrons. The number of benzene rings is 1. The summed E-state index contributed by atoms with van der Waals surface area (Å²) < 4.78 is 0. The van der Waals surface area contributed by atoms with Gasteiger partial charge in [-0.25, -0.2) is 4.79 Å². The molecule has 4 heteroatoms. The monoisotopic (exact) mass is 196 g/mol. The van der Waals surface area contributed by atoms with E-state index in [9.17, 15) is 9.90 Å². The molecule has 0 fully saturated rings. The van der Waals surface area contributed by atoms with Gasteiger partial charge < -0.3 is 15.3 Å². The highest BCUT2D eigenvalue weighted by Crippen LogP contribution is 2.22. The van der Waals surface area contributed by atoms with Crippen molar-refractivity contribution in [1.29, 1.82) is 0 Å². The van der Waals surface area contributed by atoms with Crippen LogP contribution < -0.4 is 0 Å². The van der Waals surface area contributed by atoms with E-state index in [1.807, 2.05) is 0 Å². The average molecular weight is 196 g/mol. The van der Waals surface area contributed by atoms with Crippen molar-refractivity contribution >= 4 is 5.97 Å². The molecule has 0 aliphatic rings. The predicted molar refractivity (Wildman–Crippen MR) is 50.5 cm³/mol. The molecular weight excluding hydrogens is 184 g/mol. The van der Waals surface area contributed by atoms with Crippen LogP contribution in [0.3, 0.4) is 0 Å². The Labute approximate surface area is 81.4 Å². The second-order valence-electron chi connectivity index (χ2n) is 3.17. The number of hydrogen-bond acceptors (Lipinski definition) is 3. The minimum absolute atomic E-state index is 0.131. The normalized spacial score (nSPS) is 12.4. The largest absolute Gasteiger partial charge is 0.507 e. The van der Waals surface area contributed by atoms with Crippen LogP contribution in [0.5, 0.6) is 5.75 Å². The molecule has 0 saturated carbocycles. The van der Waals surface area contributed by atoms with Crippen LogP contribution in [0.2, 0.25) is 0 Å². The Morgan fingerprint density at radius 2 is 2.14 bits per heavy atom. The van der Waals surface area contributed by atoms with Gasteiger partial charge in [0.25, 0.3) is 0 Å². The first kappa shape index (κ1) is 10.5. The molecule has 0 aliphatic carbocycles. The van der Waals surface area contributed by atoms with Crippen molar-refractivity contribution in [2.45, 2.75) is 19.4 Å². The molecule has 1 atom stereocenters. The van der Waals surface area contributed by atoms with Crippen LogP contribution in [0.25, 0.3) is 0 Å². The standard InChI is InChI=1S/C10H12O4/c1-6(11)5-7-3-2-4-8(12)9(7)10(13)14/h2-4,6,11-12H,5H2,1H3,(H,13,14)/t6-/m1/s1. The molecule has 4 nitrogen and oxygen atoms in total. The maximum absolute atomic E-state index is 10.8. The van der Waals surface area contributed by atoms with Gasteiger partial charge in [0.2, 0.25) is 0 Å². The van der Waals surface area contributed by atoms with Gasteiger partial charge in [-0.1, -0.05) is 12.1 Å². The number of aliphatic hydroxyl groups is 1. The van der Waals surface area contributed by atoms with Gasteiger partial charge in [-0.05, 0) is 25.0 Å². The summed E-state index contributed by atoms with van der Waals surface area (Å²) in [6.07, 6.45) is -0.411. The van der Waals surface area contributed by atoms with Crippen LogP contribution in [0.1, 0.15) is 22.8 Å². The third-order valence-electron chi connectivity index (χ3n) is 1.86. The lowest BCUT2D eigenvalue weighted by Gasteiger charge is -2.09. The maximum atomic E-state index is 10.8. The zero-order chi connectivity index (χ0) is 10.7. The Hall–Kier alpha value is -1.55. The van der Waals surface area contributed by atoms with Crippen molar-refractivity contribution in [2.24, 2.45) is 0 Å². The van der Waals surface area contributed by atoms with Crippen molar-refractivity contribution in [3.8, 4) is 5.75 Å². The minimum Gasteiger partial charge on any atom is -0.507 e. The van der Waals surface area contributed by atoms with E-state index in [0.29, 0.717) is 5.56 Å². The van der Waals surface area contributed by atoms with E-state index in [-0.39, 0.29) is 17.7 Å². The molecule has 0 unspecified atom stereocenters. The lowest BCUT2D eigenvalue weighted by molar-refractivity contribution is 0.0692. The predicted octanol–water partition coefficient (Wildman–Crippen LogP) is 1.01. The first-order chi connectivity index (χ1) is 6.52. The van der Waals surface area contributed by atoms with E-state index >= 15 is 0 Å². The number of carboxylic acid groups (broad SMARTS) is 1. The number of phenols is 1. The van der Waals surface area contributed by atoms with E-state index in [1.165, 1.54) is 6.07 Å². The van der Waals surface area contributed by atoms with Crippen molar-refractivity contribution in [3.63, 3.8) is 0 Å². The second-order valence-corrected chi connectivity index (χ2v) is 3.17. The molecule has 1 aromatic carbocycles. The van der Waals surface area contributed by atoms with Crippen molar-refractivity contribution < 1.29 is 20.1 Å². The summed E-state index contributed by atoms with van der Waals surface area (Å²) in [5.41, 5.74) is 0.306. The summed E-state index contributed by atoms with van der Waals surface area (Å²) in [6.45, 7) is 1.57. The Kier molecular flexibility index (Phi) is 3.09. The summed E-state index contributed by atoms with van der Waals surface area (Å²) >= 11 is 0. The van der Waals surface area contributed by atoms with Gasteiger partial charge in [0.15, 0.2) is 0 Å². The van der Waals surface area contributed by atoms with E-state index < -0.39 is 12.1 Å².